The second kappa shape index (κ2) is 8.90. The van der Waals surface area contributed by atoms with E-state index in [4.69, 9.17) is 0 Å². The summed E-state index contributed by atoms with van der Waals surface area (Å²) < 4.78 is 28.4. The molecule has 1 aromatic rings. The van der Waals surface area contributed by atoms with E-state index in [1.165, 1.54) is 12.1 Å². The van der Waals surface area contributed by atoms with E-state index < -0.39 is 6.61 Å². The number of rotatable bonds is 5. The van der Waals surface area contributed by atoms with Crippen molar-refractivity contribution in [2.45, 2.75) is 38.5 Å². The van der Waals surface area contributed by atoms with Gasteiger partial charge in [0.05, 0.1) is 6.04 Å². The molecule has 2 rings (SSSR count). The second-order valence-electron chi connectivity index (χ2n) is 5.22. The number of hydrogen-bond acceptors (Lipinski definition) is 3. The van der Waals surface area contributed by atoms with Crippen molar-refractivity contribution in [3.05, 3.63) is 29.8 Å². The minimum Gasteiger partial charge on any atom is -0.435 e. The molecule has 0 saturated carbocycles. The van der Waals surface area contributed by atoms with Crippen molar-refractivity contribution in [2.24, 2.45) is 0 Å². The molecule has 7 heteroatoms. The number of carbonyl (C=O) groups is 1. The minimum atomic E-state index is -2.82. The molecule has 1 amide bonds. The Morgan fingerprint density at radius 3 is 2.59 bits per heavy atom. The maximum atomic E-state index is 12.3. The number of halogens is 3. The van der Waals surface area contributed by atoms with Crippen molar-refractivity contribution in [3.8, 4) is 5.75 Å². The number of hydrogen-bond donors (Lipinski definition) is 1. The monoisotopic (exact) mass is 334 g/mol. The molecule has 0 aromatic heterocycles. The Labute approximate surface area is 135 Å². The average molecular weight is 335 g/mol. The molecule has 0 spiro atoms. The van der Waals surface area contributed by atoms with Gasteiger partial charge in [-0.05, 0) is 37.1 Å². The molecular weight excluding hydrogens is 314 g/mol. The maximum absolute atomic E-state index is 12.3. The molecule has 1 aromatic carbocycles. The molecule has 1 aliphatic heterocycles. The highest BCUT2D eigenvalue weighted by atomic mass is 35.5. The molecule has 124 valence electrons. The molecule has 1 saturated heterocycles. The van der Waals surface area contributed by atoms with Gasteiger partial charge in [0.1, 0.15) is 5.75 Å². The largest absolute Gasteiger partial charge is 0.435 e. The van der Waals surface area contributed by atoms with Gasteiger partial charge in [-0.1, -0.05) is 18.6 Å². The van der Waals surface area contributed by atoms with Gasteiger partial charge in [0.25, 0.3) is 0 Å². The molecule has 1 fully saturated rings. The van der Waals surface area contributed by atoms with Gasteiger partial charge in [0, 0.05) is 13.6 Å². The molecule has 0 bridgehead atoms. The van der Waals surface area contributed by atoms with E-state index in [-0.39, 0.29) is 30.1 Å². The van der Waals surface area contributed by atoms with Gasteiger partial charge in [-0.25, -0.2) is 0 Å². The van der Waals surface area contributed by atoms with Crippen LogP contribution < -0.4 is 10.1 Å². The van der Waals surface area contributed by atoms with E-state index in [9.17, 15) is 13.6 Å². The van der Waals surface area contributed by atoms with E-state index in [0.717, 1.165) is 31.4 Å². The molecule has 0 unspecified atom stereocenters. The summed E-state index contributed by atoms with van der Waals surface area (Å²) >= 11 is 0. The van der Waals surface area contributed by atoms with E-state index >= 15 is 0 Å². The summed E-state index contributed by atoms with van der Waals surface area (Å²) in [5, 5.41) is 3.22. The smallest absolute Gasteiger partial charge is 0.387 e. The first-order chi connectivity index (χ1) is 10.1. The van der Waals surface area contributed by atoms with Crippen molar-refractivity contribution in [2.75, 3.05) is 13.6 Å². The fourth-order valence-electron chi connectivity index (χ4n) is 2.46. The van der Waals surface area contributed by atoms with Crippen molar-refractivity contribution >= 4 is 18.3 Å². The lowest BCUT2D eigenvalue weighted by Gasteiger charge is -2.27. The molecular formula is C15H21ClF2N2O2. The van der Waals surface area contributed by atoms with Gasteiger partial charge >= 0.3 is 6.61 Å². The predicted molar refractivity (Wildman–Crippen MR) is 82.4 cm³/mol. The number of piperidine rings is 1. The fraction of sp³-hybridized carbons (Fsp3) is 0.533. The molecule has 0 aliphatic carbocycles. The van der Waals surface area contributed by atoms with Gasteiger partial charge in [-0.3, -0.25) is 4.79 Å². The molecule has 1 N–H and O–H groups in total. The second-order valence-corrected chi connectivity index (χ2v) is 5.22. The summed E-state index contributed by atoms with van der Waals surface area (Å²) in [7, 11) is 1.75. The zero-order valence-corrected chi connectivity index (χ0v) is 13.2. The van der Waals surface area contributed by atoms with Crippen molar-refractivity contribution in [3.63, 3.8) is 0 Å². The number of carbonyl (C=O) groups excluding carboxylic acids is 1. The average Bonchev–Trinajstić information content (AvgIpc) is 2.49. The normalized spacial score (nSPS) is 17.7. The number of likely N-dealkylation sites (N-methyl/N-ethyl adjacent to an activating group) is 1. The molecule has 0 radical (unpaired) electrons. The first-order valence-corrected chi connectivity index (χ1v) is 7.08. The van der Waals surface area contributed by atoms with Gasteiger partial charge in [0.15, 0.2) is 0 Å². The zero-order chi connectivity index (χ0) is 15.2. The van der Waals surface area contributed by atoms with E-state index in [2.05, 4.69) is 10.1 Å². The maximum Gasteiger partial charge on any atom is 0.387 e. The summed E-state index contributed by atoms with van der Waals surface area (Å²) in [6.07, 6.45) is 3.04. The lowest BCUT2D eigenvalue weighted by Crippen LogP contribution is -2.46. The number of nitrogens with one attached hydrogen (secondary N) is 1. The van der Waals surface area contributed by atoms with Gasteiger partial charge in [-0.15, -0.1) is 12.4 Å². The summed E-state index contributed by atoms with van der Waals surface area (Å²) in [6, 6.07) is 6.24. The summed E-state index contributed by atoms with van der Waals surface area (Å²) in [4.78, 5) is 13.9. The van der Waals surface area contributed by atoms with Crippen LogP contribution in [0, 0.1) is 0 Å². The highest BCUT2D eigenvalue weighted by Crippen LogP contribution is 2.16. The number of alkyl halides is 2. The van der Waals surface area contributed by atoms with Crippen LogP contribution in [0.4, 0.5) is 8.78 Å². The van der Waals surface area contributed by atoms with Gasteiger partial charge in [0.2, 0.25) is 5.91 Å². The van der Waals surface area contributed by atoms with Crippen LogP contribution in [0.15, 0.2) is 24.3 Å². The standard InChI is InChI=1S/C15H20F2N2O2.ClH/c1-19(14(20)13-4-2-3-9-18-13)10-11-5-7-12(8-6-11)21-15(16)17;/h5-8,13,15,18H,2-4,9-10H2,1H3;1H/t13-;/m1./s1. The van der Waals surface area contributed by atoms with E-state index in [1.54, 1.807) is 24.1 Å². The van der Waals surface area contributed by atoms with Crippen LogP contribution in [0.1, 0.15) is 24.8 Å². The zero-order valence-electron chi connectivity index (χ0n) is 12.4. The van der Waals surface area contributed by atoms with Crippen LogP contribution in [-0.4, -0.2) is 37.1 Å². The summed E-state index contributed by atoms with van der Waals surface area (Å²) in [6.45, 7) is -1.49. The minimum absolute atomic E-state index is 0. The Morgan fingerprint density at radius 2 is 2.05 bits per heavy atom. The fourth-order valence-corrected chi connectivity index (χ4v) is 2.46. The van der Waals surface area contributed by atoms with Gasteiger partial charge < -0.3 is 15.0 Å². The Kier molecular flexibility index (Phi) is 7.55. The van der Waals surface area contributed by atoms with Crippen LogP contribution in [0.2, 0.25) is 0 Å². The van der Waals surface area contributed by atoms with E-state index in [0.29, 0.717) is 6.54 Å². The van der Waals surface area contributed by atoms with Crippen LogP contribution >= 0.6 is 12.4 Å². The van der Waals surface area contributed by atoms with Crippen molar-refractivity contribution in [1.29, 1.82) is 0 Å². The van der Waals surface area contributed by atoms with Gasteiger partial charge in [-0.2, -0.15) is 8.78 Å². The Morgan fingerprint density at radius 1 is 1.36 bits per heavy atom. The lowest BCUT2D eigenvalue weighted by molar-refractivity contribution is -0.133. The van der Waals surface area contributed by atoms with E-state index in [1.807, 2.05) is 0 Å². The quantitative estimate of drug-likeness (QED) is 0.900. The molecule has 1 heterocycles. The molecule has 1 aliphatic rings. The third-order valence-electron chi connectivity index (χ3n) is 3.55. The first kappa shape index (κ1) is 18.6. The first-order valence-electron chi connectivity index (χ1n) is 7.08. The highest BCUT2D eigenvalue weighted by molar-refractivity contribution is 5.85. The number of ether oxygens (including phenoxy) is 1. The number of nitrogens with zero attached hydrogens (tertiary/aromatic N) is 1. The van der Waals surface area contributed by atoms with Crippen LogP contribution in [-0.2, 0) is 11.3 Å². The highest BCUT2D eigenvalue weighted by Gasteiger charge is 2.23. The topological polar surface area (TPSA) is 41.6 Å². The van der Waals surface area contributed by atoms with Crippen LogP contribution in [0.5, 0.6) is 5.75 Å². The summed E-state index contributed by atoms with van der Waals surface area (Å²) in [5.41, 5.74) is 0.878. The van der Waals surface area contributed by atoms with Crippen molar-refractivity contribution in [1.82, 2.24) is 10.2 Å². The third kappa shape index (κ3) is 5.42. The lowest BCUT2D eigenvalue weighted by atomic mass is 10.0. The van der Waals surface area contributed by atoms with Crippen molar-refractivity contribution < 1.29 is 18.3 Å². The Hall–Kier alpha value is -1.40. The molecule has 4 nitrogen and oxygen atoms in total. The summed E-state index contributed by atoms with van der Waals surface area (Å²) in [5.74, 6) is 0.194. The third-order valence-corrected chi connectivity index (χ3v) is 3.55. The molecule has 1 atom stereocenters. The van der Waals surface area contributed by atoms with Crippen LogP contribution in [0.3, 0.4) is 0 Å². The van der Waals surface area contributed by atoms with Crippen LogP contribution in [0.25, 0.3) is 0 Å². The molecule has 22 heavy (non-hydrogen) atoms. The number of benzene rings is 1. The SMILES string of the molecule is CN(Cc1ccc(OC(F)F)cc1)C(=O)[C@H]1CCCCN1.Cl. The Bertz CT molecular complexity index is 465. The number of amides is 1. The predicted octanol–water partition coefficient (Wildman–Crippen LogP) is 2.81. The Balaban J connectivity index is 0.00000242.